The van der Waals surface area contributed by atoms with Crippen LogP contribution in [0.1, 0.15) is 32.1 Å². The highest BCUT2D eigenvalue weighted by Crippen LogP contribution is 2.28. The third-order valence-electron chi connectivity index (χ3n) is 3.72. The number of hydrogen-bond acceptors (Lipinski definition) is 4. The maximum Gasteiger partial charge on any atom is 0.244 e. The lowest BCUT2D eigenvalue weighted by atomic mass is 9.82. The lowest BCUT2D eigenvalue weighted by molar-refractivity contribution is -0.122. The molecule has 0 saturated heterocycles. The van der Waals surface area contributed by atoms with Gasteiger partial charge in [-0.25, -0.2) is 12.8 Å². The van der Waals surface area contributed by atoms with Gasteiger partial charge in [0.2, 0.25) is 15.9 Å². The van der Waals surface area contributed by atoms with E-state index >= 15 is 0 Å². The summed E-state index contributed by atoms with van der Waals surface area (Å²) in [4.78, 5) is 12.3. The van der Waals surface area contributed by atoms with Gasteiger partial charge >= 0.3 is 0 Å². The van der Waals surface area contributed by atoms with Gasteiger partial charge in [-0.3, -0.25) is 9.52 Å². The predicted octanol–water partition coefficient (Wildman–Crippen LogP) is 1.80. The van der Waals surface area contributed by atoms with Gasteiger partial charge in [0.25, 0.3) is 0 Å². The highest BCUT2D eigenvalue weighted by Gasteiger charge is 2.35. The molecule has 1 fully saturated rings. The van der Waals surface area contributed by atoms with Gasteiger partial charge in [-0.15, -0.1) is 0 Å². The van der Waals surface area contributed by atoms with Crippen molar-refractivity contribution in [2.75, 3.05) is 16.3 Å². The molecule has 0 atom stereocenters. The van der Waals surface area contributed by atoms with Gasteiger partial charge < -0.3 is 11.1 Å². The second kappa shape index (κ2) is 6.21. The molecule has 2 rings (SSSR count). The summed E-state index contributed by atoms with van der Waals surface area (Å²) < 4.78 is 38.1. The zero-order chi connectivity index (χ0) is 16.4. The molecule has 4 N–H and O–H groups in total. The van der Waals surface area contributed by atoms with Crippen molar-refractivity contribution in [3.63, 3.8) is 0 Å². The second-order valence-corrected chi connectivity index (χ2v) is 7.49. The molecule has 22 heavy (non-hydrogen) atoms. The van der Waals surface area contributed by atoms with E-state index in [0.717, 1.165) is 31.6 Å². The second-order valence-electron chi connectivity index (χ2n) is 5.74. The minimum absolute atomic E-state index is 0.213. The van der Waals surface area contributed by atoms with Crippen molar-refractivity contribution in [2.24, 2.45) is 5.73 Å². The van der Waals surface area contributed by atoms with E-state index < -0.39 is 21.4 Å². The number of nitrogens with one attached hydrogen (secondary N) is 2. The summed E-state index contributed by atoms with van der Waals surface area (Å²) >= 11 is 0. The van der Waals surface area contributed by atoms with Crippen molar-refractivity contribution in [3.8, 4) is 0 Å². The number of carbonyl (C=O) groups is 1. The first kappa shape index (κ1) is 16.7. The Labute approximate surface area is 129 Å². The Kier molecular flexibility index (Phi) is 4.72. The molecule has 0 aliphatic heterocycles. The van der Waals surface area contributed by atoms with E-state index in [1.165, 1.54) is 12.1 Å². The summed E-state index contributed by atoms with van der Waals surface area (Å²) in [5.41, 5.74) is 5.29. The molecule has 0 radical (unpaired) electrons. The molecule has 1 aliphatic rings. The van der Waals surface area contributed by atoms with Crippen molar-refractivity contribution >= 4 is 27.3 Å². The van der Waals surface area contributed by atoms with Crippen molar-refractivity contribution in [2.45, 2.75) is 37.6 Å². The molecule has 6 nitrogen and oxygen atoms in total. The van der Waals surface area contributed by atoms with E-state index in [4.69, 9.17) is 5.73 Å². The van der Waals surface area contributed by atoms with Crippen molar-refractivity contribution in [3.05, 3.63) is 24.0 Å². The molecule has 0 spiro atoms. The quantitative estimate of drug-likeness (QED) is 0.784. The van der Waals surface area contributed by atoms with Crippen molar-refractivity contribution in [1.82, 2.24) is 0 Å². The van der Waals surface area contributed by atoms with Crippen LogP contribution in [0.3, 0.4) is 0 Å². The molecule has 1 aromatic rings. The number of halogens is 1. The van der Waals surface area contributed by atoms with Crippen LogP contribution in [0.2, 0.25) is 0 Å². The number of carbonyl (C=O) groups excluding carboxylic acids is 1. The fourth-order valence-corrected chi connectivity index (χ4v) is 3.10. The predicted molar refractivity (Wildman–Crippen MR) is 83.5 cm³/mol. The van der Waals surface area contributed by atoms with Crippen LogP contribution in [0.4, 0.5) is 15.8 Å². The van der Waals surface area contributed by atoms with Crippen LogP contribution in [0.5, 0.6) is 0 Å². The number of anilines is 2. The van der Waals surface area contributed by atoms with Gasteiger partial charge in [0.05, 0.1) is 17.5 Å². The molecule has 0 bridgehead atoms. The summed E-state index contributed by atoms with van der Waals surface area (Å²) in [5.74, 6) is -1.05. The molecule has 1 aliphatic carbocycles. The summed E-state index contributed by atoms with van der Waals surface area (Å²) in [6.45, 7) is 0. The first-order valence-corrected chi connectivity index (χ1v) is 8.96. The van der Waals surface area contributed by atoms with Crippen LogP contribution in [0.15, 0.2) is 18.2 Å². The first-order valence-electron chi connectivity index (χ1n) is 7.07. The summed E-state index contributed by atoms with van der Waals surface area (Å²) in [5, 5.41) is 2.64. The highest BCUT2D eigenvalue weighted by molar-refractivity contribution is 7.92. The highest BCUT2D eigenvalue weighted by atomic mass is 32.2. The zero-order valence-electron chi connectivity index (χ0n) is 12.4. The Morgan fingerprint density at radius 3 is 2.50 bits per heavy atom. The molecular weight excluding hydrogens is 309 g/mol. The largest absolute Gasteiger partial charge is 0.324 e. The van der Waals surface area contributed by atoms with Crippen LogP contribution >= 0.6 is 0 Å². The Balaban J connectivity index is 2.16. The number of hydrogen-bond donors (Lipinski definition) is 3. The van der Waals surface area contributed by atoms with E-state index in [0.29, 0.717) is 18.5 Å². The maximum atomic E-state index is 13.6. The number of rotatable bonds is 4. The molecule has 0 heterocycles. The van der Waals surface area contributed by atoms with Gasteiger partial charge in [0.15, 0.2) is 0 Å². The van der Waals surface area contributed by atoms with Crippen LogP contribution in [-0.4, -0.2) is 26.1 Å². The molecular formula is C14H20FN3O3S. The third kappa shape index (κ3) is 4.17. The Bertz CT molecular complexity index is 670. The molecule has 0 aromatic heterocycles. The number of sulfonamides is 1. The molecule has 1 saturated carbocycles. The monoisotopic (exact) mass is 329 g/mol. The van der Waals surface area contributed by atoms with Gasteiger partial charge in [0, 0.05) is 5.69 Å². The maximum absolute atomic E-state index is 13.6. The van der Waals surface area contributed by atoms with Crippen molar-refractivity contribution in [1.29, 1.82) is 0 Å². The van der Waals surface area contributed by atoms with E-state index in [1.807, 2.05) is 0 Å². The van der Waals surface area contributed by atoms with Gasteiger partial charge in [-0.05, 0) is 31.0 Å². The summed E-state index contributed by atoms with van der Waals surface area (Å²) in [7, 11) is -3.60. The van der Waals surface area contributed by atoms with Gasteiger partial charge in [0.1, 0.15) is 5.82 Å². The van der Waals surface area contributed by atoms with Gasteiger partial charge in [-0.1, -0.05) is 19.3 Å². The average molecular weight is 329 g/mol. The number of amides is 1. The lowest BCUT2D eigenvalue weighted by Crippen LogP contribution is -2.52. The molecule has 1 aromatic carbocycles. The zero-order valence-corrected chi connectivity index (χ0v) is 13.2. The smallest absolute Gasteiger partial charge is 0.244 e. The molecule has 1 amide bonds. The first-order chi connectivity index (χ1) is 10.2. The van der Waals surface area contributed by atoms with Gasteiger partial charge in [-0.2, -0.15) is 0 Å². The normalized spacial score (nSPS) is 17.8. The fourth-order valence-electron chi connectivity index (χ4n) is 2.55. The van der Waals surface area contributed by atoms with Crippen molar-refractivity contribution < 1.29 is 17.6 Å². The van der Waals surface area contributed by atoms with E-state index in [2.05, 4.69) is 10.0 Å². The number of benzene rings is 1. The minimum Gasteiger partial charge on any atom is -0.324 e. The Morgan fingerprint density at radius 2 is 1.91 bits per heavy atom. The van der Waals surface area contributed by atoms with E-state index in [9.17, 15) is 17.6 Å². The van der Waals surface area contributed by atoms with Crippen LogP contribution in [-0.2, 0) is 14.8 Å². The summed E-state index contributed by atoms with van der Waals surface area (Å²) in [6, 6.07) is 3.69. The molecule has 122 valence electrons. The third-order valence-corrected chi connectivity index (χ3v) is 4.31. The SMILES string of the molecule is CS(=O)(=O)Nc1cc(NC(=O)C2(N)CCCCC2)ccc1F. The lowest BCUT2D eigenvalue weighted by Gasteiger charge is -2.31. The minimum atomic E-state index is -3.60. The van der Waals surface area contributed by atoms with E-state index in [1.54, 1.807) is 0 Å². The standard InChI is InChI=1S/C14H20FN3O3S/c1-22(20,21)18-12-9-10(5-6-11(12)15)17-13(19)14(16)7-3-2-4-8-14/h5-6,9,18H,2-4,7-8,16H2,1H3,(H,17,19). The van der Waals surface area contributed by atoms with Crippen LogP contribution in [0.25, 0.3) is 0 Å². The van der Waals surface area contributed by atoms with E-state index in [-0.39, 0.29) is 11.6 Å². The summed E-state index contributed by atoms with van der Waals surface area (Å²) in [6.07, 6.45) is 4.99. The van der Waals surface area contributed by atoms with Crippen LogP contribution < -0.4 is 15.8 Å². The topological polar surface area (TPSA) is 101 Å². The number of nitrogens with two attached hydrogens (primary N) is 1. The Hall–Kier alpha value is -1.67. The average Bonchev–Trinajstić information content (AvgIpc) is 2.42. The molecule has 8 heteroatoms. The molecule has 0 unspecified atom stereocenters. The van der Waals surface area contributed by atoms with Crippen LogP contribution in [0, 0.1) is 5.82 Å². The fraction of sp³-hybridized carbons (Fsp3) is 0.500. The Morgan fingerprint density at radius 1 is 1.27 bits per heavy atom.